The van der Waals surface area contributed by atoms with E-state index >= 15 is 0 Å². The molecule has 1 aromatic carbocycles. The highest BCUT2D eigenvalue weighted by atomic mass is 79.9. The summed E-state index contributed by atoms with van der Waals surface area (Å²) >= 11 is 4.80. The van der Waals surface area contributed by atoms with Crippen LogP contribution in [0.4, 0.5) is 5.69 Å². The quantitative estimate of drug-likeness (QED) is 0.677. The summed E-state index contributed by atoms with van der Waals surface area (Å²) in [6.45, 7) is 4.17. The third-order valence-electron chi connectivity index (χ3n) is 4.09. The first-order chi connectivity index (χ1) is 12.2. The highest BCUT2D eigenvalue weighted by Crippen LogP contribution is 2.24. The van der Waals surface area contributed by atoms with E-state index in [1.54, 1.807) is 0 Å². The summed E-state index contributed by atoms with van der Waals surface area (Å²) in [4.78, 5) is 23.3. The number of thiophene rings is 1. The number of aromatic amines is 1. The number of hydrogen-bond donors (Lipinski definition) is 2. The third-order valence-corrected chi connectivity index (χ3v) is 5.93. The molecule has 0 saturated carbocycles. The van der Waals surface area contributed by atoms with Crippen LogP contribution in [-0.2, 0) is 11.3 Å². The topological polar surface area (TPSA) is 70.2 Å². The summed E-state index contributed by atoms with van der Waals surface area (Å²) in [6.07, 6.45) is 0. The number of H-pyrrole nitrogens is 1. The zero-order valence-corrected chi connectivity index (χ0v) is 15.8. The molecule has 8 heteroatoms. The number of nitrogens with one attached hydrogen (secondary N) is 2. The number of ether oxygens (including phenoxy) is 1. The van der Waals surface area contributed by atoms with Gasteiger partial charge in [-0.2, -0.15) is 0 Å². The molecule has 0 aliphatic carbocycles. The molecule has 3 aromatic rings. The molecule has 2 N–H and O–H groups in total. The van der Waals surface area contributed by atoms with Gasteiger partial charge in [-0.05, 0) is 45.6 Å². The maximum atomic E-state index is 12.3. The minimum atomic E-state index is -0.116. The highest BCUT2D eigenvalue weighted by molar-refractivity contribution is 9.10. The SMILES string of the molecule is O=C(Nc1ccc2nc(CN3CCOCC3)[nH]c2c1)c1sccc1Br. The summed E-state index contributed by atoms with van der Waals surface area (Å²) < 4.78 is 6.18. The molecule has 1 fully saturated rings. The van der Waals surface area contributed by atoms with Crippen molar-refractivity contribution >= 4 is 49.9 Å². The lowest BCUT2D eigenvalue weighted by molar-refractivity contribution is 0.0332. The van der Waals surface area contributed by atoms with Crippen LogP contribution in [0.3, 0.4) is 0 Å². The molecule has 1 saturated heterocycles. The second kappa shape index (κ2) is 7.25. The number of hydrogen-bond acceptors (Lipinski definition) is 5. The van der Waals surface area contributed by atoms with Crippen molar-refractivity contribution in [3.05, 3.63) is 44.8 Å². The minimum absolute atomic E-state index is 0.116. The van der Waals surface area contributed by atoms with Crippen LogP contribution in [-0.4, -0.2) is 47.1 Å². The van der Waals surface area contributed by atoms with E-state index in [1.807, 2.05) is 29.6 Å². The van der Waals surface area contributed by atoms with Crippen LogP contribution < -0.4 is 5.32 Å². The molecule has 0 unspecified atom stereocenters. The predicted molar refractivity (Wildman–Crippen MR) is 102 cm³/mol. The van der Waals surface area contributed by atoms with Gasteiger partial charge in [0.1, 0.15) is 10.7 Å². The molecule has 0 atom stereocenters. The van der Waals surface area contributed by atoms with E-state index in [9.17, 15) is 4.79 Å². The zero-order valence-electron chi connectivity index (χ0n) is 13.4. The van der Waals surface area contributed by atoms with Crippen molar-refractivity contribution in [2.75, 3.05) is 31.6 Å². The average molecular weight is 421 g/mol. The van der Waals surface area contributed by atoms with E-state index in [0.29, 0.717) is 4.88 Å². The number of anilines is 1. The second-order valence-corrected chi connectivity index (χ2v) is 7.63. The normalized spacial score (nSPS) is 15.6. The number of amides is 1. The molecule has 25 heavy (non-hydrogen) atoms. The Balaban J connectivity index is 1.50. The van der Waals surface area contributed by atoms with Crippen molar-refractivity contribution in [3.63, 3.8) is 0 Å². The van der Waals surface area contributed by atoms with E-state index < -0.39 is 0 Å². The number of aromatic nitrogens is 2. The summed E-state index contributed by atoms with van der Waals surface area (Å²) in [7, 11) is 0. The Morgan fingerprint density at radius 3 is 2.96 bits per heavy atom. The fourth-order valence-electron chi connectivity index (χ4n) is 2.83. The van der Waals surface area contributed by atoms with Gasteiger partial charge >= 0.3 is 0 Å². The molecule has 2 aromatic heterocycles. The first-order valence-corrected chi connectivity index (χ1v) is 9.69. The Morgan fingerprint density at radius 2 is 2.20 bits per heavy atom. The Hall–Kier alpha value is -1.74. The minimum Gasteiger partial charge on any atom is -0.379 e. The van der Waals surface area contributed by atoms with E-state index in [-0.39, 0.29) is 5.91 Å². The monoisotopic (exact) mass is 420 g/mol. The van der Waals surface area contributed by atoms with Crippen LogP contribution in [0.25, 0.3) is 11.0 Å². The van der Waals surface area contributed by atoms with Crippen molar-refractivity contribution in [2.45, 2.75) is 6.54 Å². The van der Waals surface area contributed by atoms with Crippen molar-refractivity contribution < 1.29 is 9.53 Å². The number of nitrogens with zero attached hydrogens (tertiary/aromatic N) is 2. The Morgan fingerprint density at radius 1 is 1.36 bits per heavy atom. The molecule has 0 radical (unpaired) electrons. The van der Waals surface area contributed by atoms with E-state index in [0.717, 1.165) is 59.9 Å². The molecule has 4 rings (SSSR count). The summed E-state index contributed by atoms with van der Waals surface area (Å²) in [6, 6.07) is 7.59. The smallest absolute Gasteiger partial charge is 0.266 e. The molecule has 3 heterocycles. The molecular weight excluding hydrogens is 404 g/mol. The van der Waals surface area contributed by atoms with Crippen LogP contribution in [0.5, 0.6) is 0 Å². The van der Waals surface area contributed by atoms with Gasteiger partial charge in [-0.3, -0.25) is 9.69 Å². The Bertz CT molecular complexity index is 901. The molecule has 6 nitrogen and oxygen atoms in total. The molecule has 1 amide bonds. The van der Waals surface area contributed by atoms with Crippen molar-refractivity contribution in [1.82, 2.24) is 14.9 Å². The van der Waals surface area contributed by atoms with E-state index in [2.05, 4.69) is 36.1 Å². The van der Waals surface area contributed by atoms with Gasteiger partial charge in [0.25, 0.3) is 5.91 Å². The molecule has 0 spiro atoms. The first-order valence-electron chi connectivity index (χ1n) is 8.02. The van der Waals surface area contributed by atoms with Gasteiger partial charge in [-0.25, -0.2) is 4.98 Å². The number of fused-ring (bicyclic) bond motifs is 1. The van der Waals surface area contributed by atoms with Crippen LogP contribution in [0.15, 0.2) is 34.1 Å². The number of carbonyl (C=O) groups excluding carboxylic acids is 1. The Labute approximate surface area is 157 Å². The lowest BCUT2D eigenvalue weighted by atomic mass is 10.2. The van der Waals surface area contributed by atoms with Gasteiger partial charge < -0.3 is 15.0 Å². The van der Waals surface area contributed by atoms with Crippen molar-refractivity contribution in [3.8, 4) is 0 Å². The molecular formula is C17H17BrN4O2S. The number of imidazole rings is 1. The first kappa shape index (κ1) is 16.7. The van der Waals surface area contributed by atoms with Crippen LogP contribution in [0, 0.1) is 0 Å². The van der Waals surface area contributed by atoms with Gasteiger partial charge in [0, 0.05) is 23.2 Å². The number of benzene rings is 1. The number of morpholine rings is 1. The maximum Gasteiger partial charge on any atom is 0.266 e. The number of halogens is 1. The van der Waals surface area contributed by atoms with Gasteiger partial charge in [-0.1, -0.05) is 0 Å². The van der Waals surface area contributed by atoms with Gasteiger partial charge in [0.15, 0.2) is 0 Å². The predicted octanol–water partition coefficient (Wildman–Crippen LogP) is 3.47. The lowest BCUT2D eigenvalue weighted by Gasteiger charge is -2.25. The molecule has 130 valence electrons. The maximum absolute atomic E-state index is 12.3. The average Bonchev–Trinajstić information content (AvgIpc) is 3.21. The number of carbonyl (C=O) groups is 1. The lowest BCUT2D eigenvalue weighted by Crippen LogP contribution is -2.35. The van der Waals surface area contributed by atoms with Crippen molar-refractivity contribution in [1.29, 1.82) is 0 Å². The Kier molecular flexibility index (Phi) is 4.85. The summed E-state index contributed by atoms with van der Waals surface area (Å²) in [5.74, 6) is 0.815. The molecule has 1 aliphatic rings. The van der Waals surface area contributed by atoms with Crippen LogP contribution in [0.1, 0.15) is 15.5 Å². The zero-order chi connectivity index (χ0) is 17.2. The number of rotatable bonds is 4. The molecule has 1 aliphatic heterocycles. The second-order valence-electron chi connectivity index (χ2n) is 5.86. The highest BCUT2D eigenvalue weighted by Gasteiger charge is 2.14. The van der Waals surface area contributed by atoms with Crippen LogP contribution >= 0.6 is 27.3 Å². The van der Waals surface area contributed by atoms with E-state index in [4.69, 9.17) is 4.74 Å². The summed E-state index contributed by atoms with van der Waals surface area (Å²) in [5.41, 5.74) is 2.57. The third kappa shape index (κ3) is 3.77. The van der Waals surface area contributed by atoms with Gasteiger partial charge in [0.2, 0.25) is 0 Å². The fraction of sp³-hybridized carbons (Fsp3) is 0.294. The van der Waals surface area contributed by atoms with E-state index in [1.165, 1.54) is 11.3 Å². The molecule has 0 bridgehead atoms. The standard InChI is InChI=1S/C17H17BrN4O2S/c18-12-3-8-25-16(12)17(23)19-11-1-2-13-14(9-11)21-15(20-13)10-22-4-6-24-7-5-22/h1-3,8-9H,4-7,10H2,(H,19,23)(H,20,21). The fourth-order valence-corrected chi connectivity index (χ4v) is 4.28. The van der Waals surface area contributed by atoms with Gasteiger partial charge in [0.05, 0.1) is 30.8 Å². The van der Waals surface area contributed by atoms with Crippen LogP contribution in [0.2, 0.25) is 0 Å². The largest absolute Gasteiger partial charge is 0.379 e. The summed E-state index contributed by atoms with van der Waals surface area (Å²) in [5, 5.41) is 4.82. The van der Waals surface area contributed by atoms with Gasteiger partial charge in [-0.15, -0.1) is 11.3 Å². The van der Waals surface area contributed by atoms with Crippen molar-refractivity contribution in [2.24, 2.45) is 0 Å².